The number of carbonyl (C=O) groups excluding carboxylic acids is 1. The van der Waals surface area contributed by atoms with E-state index < -0.39 is 30.1 Å². The number of carboxylic acids is 1. The maximum absolute atomic E-state index is 12.5. The SMILES string of the molecule is O=C(O)[C@@H]1CSCN1C(=O)N1CCC(C(F)(F)F)CC1. The van der Waals surface area contributed by atoms with Gasteiger partial charge < -0.3 is 14.9 Å². The summed E-state index contributed by atoms with van der Waals surface area (Å²) < 4.78 is 37.6. The highest BCUT2D eigenvalue weighted by Gasteiger charge is 2.43. The third kappa shape index (κ3) is 3.13. The summed E-state index contributed by atoms with van der Waals surface area (Å²) in [5.41, 5.74) is 0. The molecule has 2 aliphatic rings. The first-order valence-electron chi connectivity index (χ1n) is 6.23. The Kier molecular flexibility index (Phi) is 4.36. The van der Waals surface area contributed by atoms with E-state index in [0.29, 0.717) is 5.75 Å². The van der Waals surface area contributed by atoms with E-state index in [2.05, 4.69) is 0 Å². The number of nitrogens with zero attached hydrogens (tertiary/aromatic N) is 2. The van der Waals surface area contributed by atoms with Crippen molar-refractivity contribution in [1.82, 2.24) is 9.80 Å². The lowest BCUT2D eigenvalue weighted by atomic mass is 9.96. The minimum absolute atomic E-state index is 0.0243. The average Bonchev–Trinajstić information content (AvgIpc) is 2.86. The van der Waals surface area contributed by atoms with Gasteiger partial charge in [0, 0.05) is 18.8 Å². The molecule has 2 aliphatic heterocycles. The van der Waals surface area contributed by atoms with Crippen LogP contribution in [0.5, 0.6) is 0 Å². The maximum Gasteiger partial charge on any atom is 0.391 e. The highest BCUT2D eigenvalue weighted by atomic mass is 32.2. The van der Waals surface area contributed by atoms with Crippen LogP contribution in [-0.4, -0.2) is 63.8 Å². The lowest BCUT2D eigenvalue weighted by Gasteiger charge is -2.35. The number of amides is 2. The van der Waals surface area contributed by atoms with E-state index in [1.54, 1.807) is 0 Å². The lowest BCUT2D eigenvalue weighted by Crippen LogP contribution is -2.51. The van der Waals surface area contributed by atoms with Gasteiger partial charge in [-0.15, -0.1) is 11.8 Å². The van der Waals surface area contributed by atoms with Crippen LogP contribution in [0, 0.1) is 5.92 Å². The van der Waals surface area contributed by atoms with Crippen molar-refractivity contribution in [2.75, 3.05) is 24.7 Å². The van der Waals surface area contributed by atoms with E-state index in [1.165, 1.54) is 21.6 Å². The van der Waals surface area contributed by atoms with E-state index in [4.69, 9.17) is 5.11 Å². The van der Waals surface area contributed by atoms with E-state index >= 15 is 0 Å². The number of halogens is 3. The first kappa shape index (κ1) is 15.3. The number of piperidine rings is 1. The van der Waals surface area contributed by atoms with Crippen molar-refractivity contribution in [3.8, 4) is 0 Å². The van der Waals surface area contributed by atoms with Crippen molar-refractivity contribution in [2.45, 2.75) is 25.1 Å². The number of rotatable bonds is 1. The molecule has 0 saturated carbocycles. The van der Waals surface area contributed by atoms with Crippen molar-refractivity contribution >= 4 is 23.8 Å². The average molecular weight is 312 g/mol. The normalized spacial score (nSPS) is 25.1. The summed E-state index contributed by atoms with van der Waals surface area (Å²) in [6.45, 7) is 0.0486. The number of hydrogen-bond acceptors (Lipinski definition) is 3. The highest BCUT2D eigenvalue weighted by molar-refractivity contribution is 7.99. The lowest BCUT2D eigenvalue weighted by molar-refractivity contribution is -0.183. The van der Waals surface area contributed by atoms with Gasteiger partial charge in [-0.25, -0.2) is 9.59 Å². The smallest absolute Gasteiger partial charge is 0.391 e. The number of carbonyl (C=O) groups is 2. The molecule has 9 heteroatoms. The van der Waals surface area contributed by atoms with Gasteiger partial charge in [0.1, 0.15) is 6.04 Å². The first-order valence-corrected chi connectivity index (χ1v) is 7.39. The van der Waals surface area contributed by atoms with Gasteiger partial charge in [0.25, 0.3) is 0 Å². The third-order valence-electron chi connectivity index (χ3n) is 3.64. The summed E-state index contributed by atoms with van der Waals surface area (Å²) in [6, 6.07) is -1.35. The molecule has 1 atom stereocenters. The van der Waals surface area contributed by atoms with Crippen LogP contribution < -0.4 is 0 Å². The highest BCUT2D eigenvalue weighted by Crippen LogP contribution is 2.34. The topological polar surface area (TPSA) is 60.9 Å². The van der Waals surface area contributed by atoms with Crippen LogP contribution in [-0.2, 0) is 4.79 Å². The van der Waals surface area contributed by atoms with Crippen LogP contribution in [0.4, 0.5) is 18.0 Å². The molecule has 20 heavy (non-hydrogen) atoms. The minimum atomic E-state index is -4.22. The monoisotopic (exact) mass is 312 g/mol. The van der Waals surface area contributed by atoms with Gasteiger partial charge in [-0.3, -0.25) is 0 Å². The fraction of sp³-hybridized carbons (Fsp3) is 0.818. The quantitative estimate of drug-likeness (QED) is 0.802. The zero-order valence-corrected chi connectivity index (χ0v) is 11.4. The molecule has 0 aromatic rings. The second-order valence-corrected chi connectivity index (χ2v) is 5.91. The molecule has 0 radical (unpaired) electrons. The van der Waals surface area contributed by atoms with Crippen molar-refractivity contribution in [2.24, 2.45) is 5.92 Å². The summed E-state index contributed by atoms with van der Waals surface area (Å²) >= 11 is 1.33. The first-order chi connectivity index (χ1) is 9.30. The fourth-order valence-corrected chi connectivity index (χ4v) is 3.55. The number of urea groups is 1. The number of hydrogen-bond donors (Lipinski definition) is 1. The molecule has 114 valence electrons. The molecule has 0 aromatic heterocycles. The molecular weight excluding hydrogens is 297 g/mol. The van der Waals surface area contributed by atoms with Crippen molar-refractivity contribution in [3.63, 3.8) is 0 Å². The standard InChI is InChI=1S/C11H15F3N2O3S/c12-11(13,14)7-1-3-15(4-2-7)10(19)16-6-20-5-8(16)9(17)18/h7-8H,1-6H2,(H,17,18)/t8-/m0/s1. The Morgan fingerprint density at radius 3 is 2.30 bits per heavy atom. The van der Waals surface area contributed by atoms with Gasteiger partial charge in [0.2, 0.25) is 0 Å². The zero-order valence-electron chi connectivity index (χ0n) is 10.6. The molecule has 2 saturated heterocycles. The summed E-state index contributed by atoms with van der Waals surface area (Å²) in [7, 11) is 0. The van der Waals surface area contributed by atoms with Gasteiger partial charge in [-0.05, 0) is 12.8 Å². The molecular formula is C11H15F3N2O3S. The van der Waals surface area contributed by atoms with E-state index in [-0.39, 0.29) is 31.8 Å². The molecule has 0 aliphatic carbocycles. The molecule has 2 heterocycles. The van der Waals surface area contributed by atoms with Gasteiger partial charge in [0.05, 0.1) is 11.8 Å². The van der Waals surface area contributed by atoms with Crippen LogP contribution in [0.1, 0.15) is 12.8 Å². The third-order valence-corrected chi connectivity index (χ3v) is 4.65. The molecule has 0 spiro atoms. The molecule has 5 nitrogen and oxygen atoms in total. The summed E-state index contributed by atoms with van der Waals surface area (Å²) in [5, 5.41) is 9.01. The van der Waals surface area contributed by atoms with Gasteiger partial charge in [0.15, 0.2) is 0 Å². The van der Waals surface area contributed by atoms with Crippen molar-refractivity contribution in [1.29, 1.82) is 0 Å². The molecule has 1 N–H and O–H groups in total. The zero-order chi connectivity index (χ0) is 14.9. The van der Waals surface area contributed by atoms with Crippen molar-refractivity contribution < 1.29 is 27.9 Å². The number of carboxylic acid groups (broad SMARTS) is 1. The number of alkyl halides is 3. The van der Waals surface area contributed by atoms with Crippen molar-refractivity contribution in [3.05, 3.63) is 0 Å². The van der Waals surface area contributed by atoms with Crippen LogP contribution in [0.3, 0.4) is 0 Å². The molecule has 0 aromatic carbocycles. The molecule has 0 unspecified atom stereocenters. The van der Waals surface area contributed by atoms with Gasteiger partial charge in [-0.2, -0.15) is 13.2 Å². The second kappa shape index (κ2) is 5.71. The summed E-state index contributed by atoms with van der Waals surface area (Å²) in [5.74, 6) is -1.85. The van der Waals surface area contributed by atoms with Crippen LogP contribution in [0.25, 0.3) is 0 Å². The Balaban J connectivity index is 1.93. The van der Waals surface area contributed by atoms with Crippen LogP contribution in [0.2, 0.25) is 0 Å². The Bertz CT molecular complexity index is 397. The Hall–Kier alpha value is -1.12. The predicted molar refractivity (Wildman–Crippen MR) is 66.3 cm³/mol. The molecule has 2 rings (SSSR count). The summed E-state index contributed by atoms with van der Waals surface area (Å²) in [4.78, 5) is 25.7. The molecule has 0 bridgehead atoms. The maximum atomic E-state index is 12.5. The van der Waals surface area contributed by atoms with E-state index in [0.717, 1.165) is 0 Å². The van der Waals surface area contributed by atoms with E-state index in [1.807, 2.05) is 0 Å². The Morgan fingerprint density at radius 2 is 1.80 bits per heavy atom. The second-order valence-electron chi connectivity index (χ2n) is 4.91. The van der Waals surface area contributed by atoms with Crippen LogP contribution in [0.15, 0.2) is 0 Å². The minimum Gasteiger partial charge on any atom is -0.480 e. The fourth-order valence-electron chi connectivity index (χ4n) is 2.42. The Labute approximate surface area is 118 Å². The Morgan fingerprint density at radius 1 is 1.20 bits per heavy atom. The summed E-state index contributed by atoms with van der Waals surface area (Å²) in [6.07, 6.45) is -4.45. The molecule has 2 amide bonds. The largest absolute Gasteiger partial charge is 0.480 e. The van der Waals surface area contributed by atoms with E-state index in [9.17, 15) is 22.8 Å². The van der Waals surface area contributed by atoms with Crippen LogP contribution >= 0.6 is 11.8 Å². The predicted octanol–water partition coefficient (Wildman–Crippen LogP) is 1.84. The van der Waals surface area contributed by atoms with Gasteiger partial charge in [-0.1, -0.05) is 0 Å². The number of aliphatic carboxylic acids is 1. The van der Waals surface area contributed by atoms with Gasteiger partial charge >= 0.3 is 18.2 Å². The number of likely N-dealkylation sites (tertiary alicyclic amines) is 1. The number of thioether (sulfide) groups is 1. The molecule has 2 fully saturated rings.